The first-order chi connectivity index (χ1) is 12.9. The van der Waals surface area contributed by atoms with Gasteiger partial charge in [-0.2, -0.15) is 4.31 Å². The van der Waals surface area contributed by atoms with E-state index in [1.54, 1.807) is 16.4 Å². The predicted octanol–water partition coefficient (Wildman–Crippen LogP) is 3.93. The minimum Gasteiger partial charge on any atom is -0.326 e. The Labute approximate surface area is 162 Å². The maximum atomic E-state index is 13.2. The first kappa shape index (κ1) is 18.9. The van der Waals surface area contributed by atoms with Crippen LogP contribution in [0.3, 0.4) is 0 Å². The number of anilines is 1. The van der Waals surface area contributed by atoms with Crippen LogP contribution in [0.15, 0.2) is 23.1 Å². The van der Waals surface area contributed by atoms with Gasteiger partial charge in [0.05, 0.1) is 4.90 Å². The van der Waals surface area contributed by atoms with Crippen LogP contribution in [0.2, 0.25) is 0 Å². The molecule has 1 aromatic rings. The average molecular weight is 391 g/mol. The number of nitrogens with zero attached hydrogens (tertiary/aromatic N) is 1. The Hall–Kier alpha value is -1.40. The van der Waals surface area contributed by atoms with Crippen molar-refractivity contribution in [2.45, 2.75) is 63.2 Å². The summed E-state index contributed by atoms with van der Waals surface area (Å²) in [6, 6.07) is 5.28. The van der Waals surface area contributed by atoms with Gasteiger partial charge in [-0.05, 0) is 68.6 Å². The van der Waals surface area contributed by atoms with Crippen LogP contribution in [0, 0.1) is 24.7 Å². The van der Waals surface area contributed by atoms with Crippen molar-refractivity contribution < 1.29 is 13.2 Å². The van der Waals surface area contributed by atoms with Gasteiger partial charge in [0.25, 0.3) is 0 Å². The SMILES string of the molecule is Cc1ccc(NC(=O)C2CC3CCC2C3)cc1S(=O)(=O)N1CCCCCC1. The summed E-state index contributed by atoms with van der Waals surface area (Å²) in [6.07, 6.45) is 8.59. The molecule has 0 aromatic heterocycles. The summed E-state index contributed by atoms with van der Waals surface area (Å²) in [7, 11) is -3.52. The predicted molar refractivity (Wildman–Crippen MR) is 106 cm³/mol. The summed E-state index contributed by atoms with van der Waals surface area (Å²) in [6.45, 7) is 3.00. The second kappa shape index (κ2) is 7.55. The van der Waals surface area contributed by atoms with Crippen molar-refractivity contribution in [2.75, 3.05) is 18.4 Å². The number of amides is 1. The summed E-state index contributed by atoms with van der Waals surface area (Å²) < 4.78 is 28.0. The van der Waals surface area contributed by atoms with Crippen LogP contribution < -0.4 is 5.32 Å². The molecule has 0 spiro atoms. The molecule has 6 heteroatoms. The van der Waals surface area contributed by atoms with E-state index in [0.717, 1.165) is 44.1 Å². The van der Waals surface area contributed by atoms with E-state index in [-0.39, 0.29) is 11.8 Å². The largest absolute Gasteiger partial charge is 0.326 e. The number of carbonyl (C=O) groups excluding carboxylic acids is 1. The minimum atomic E-state index is -3.52. The molecule has 27 heavy (non-hydrogen) atoms. The molecule has 1 aliphatic heterocycles. The standard InChI is InChI=1S/C21H30N2O3S/c1-15-6-9-18(22-21(24)19-13-16-7-8-17(19)12-16)14-20(15)27(25,26)23-10-4-2-3-5-11-23/h6,9,14,16-17,19H,2-5,7-8,10-13H2,1H3,(H,22,24). The van der Waals surface area contributed by atoms with Crippen molar-refractivity contribution in [3.8, 4) is 0 Å². The number of fused-ring (bicyclic) bond motifs is 2. The fraction of sp³-hybridized carbons (Fsp3) is 0.667. The van der Waals surface area contributed by atoms with Gasteiger partial charge in [-0.25, -0.2) is 8.42 Å². The first-order valence-electron chi connectivity index (χ1n) is 10.4. The zero-order valence-electron chi connectivity index (χ0n) is 16.1. The van der Waals surface area contributed by atoms with Gasteiger partial charge in [-0.1, -0.05) is 25.3 Å². The van der Waals surface area contributed by atoms with Gasteiger partial charge in [0.2, 0.25) is 15.9 Å². The Balaban J connectivity index is 1.53. The second-order valence-electron chi connectivity index (χ2n) is 8.57. The van der Waals surface area contributed by atoms with Gasteiger partial charge in [0.1, 0.15) is 0 Å². The lowest BCUT2D eigenvalue weighted by Gasteiger charge is -2.23. The lowest BCUT2D eigenvalue weighted by Crippen LogP contribution is -2.32. The van der Waals surface area contributed by atoms with Gasteiger partial charge < -0.3 is 5.32 Å². The quantitative estimate of drug-likeness (QED) is 0.847. The molecule has 0 radical (unpaired) electrons. The molecule has 5 nitrogen and oxygen atoms in total. The van der Waals surface area contributed by atoms with Gasteiger partial charge in [0, 0.05) is 24.7 Å². The Kier molecular flexibility index (Phi) is 5.30. The van der Waals surface area contributed by atoms with Crippen LogP contribution in [-0.2, 0) is 14.8 Å². The molecule has 1 aromatic carbocycles. The van der Waals surface area contributed by atoms with Crippen molar-refractivity contribution >= 4 is 21.6 Å². The molecule has 1 N–H and O–H groups in total. The van der Waals surface area contributed by atoms with E-state index in [4.69, 9.17) is 0 Å². The smallest absolute Gasteiger partial charge is 0.243 e. The fourth-order valence-corrected chi connectivity index (χ4v) is 6.95. The van der Waals surface area contributed by atoms with E-state index in [9.17, 15) is 13.2 Å². The Morgan fingerprint density at radius 2 is 1.81 bits per heavy atom. The number of rotatable bonds is 4. The molecule has 2 saturated carbocycles. The topological polar surface area (TPSA) is 66.5 Å². The molecular formula is C21H30N2O3S. The summed E-state index contributed by atoms with van der Waals surface area (Å²) in [5.41, 5.74) is 1.33. The van der Waals surface area contributed by atoms with E-state index in [0.29, 0.717) is 35.5 Å². The molecule has 2 aliphatic carbocycles. The molecule has 2 bridgehead atoms. The molecule has 148 valence electrons. The van der Waals surface area contributed by atoms with Crippen molar-refractivity contribution in [1.82, 2.24) is 4.31 Å². The maximum absolute atomic E-state index is 13.2. The third-order valence-corrected chi connectivity index (χ3v) is 8.75. The lowest BCUT2D eigenvalue weighted by molar-refractivity contribution is -0.121. The summed E-state index contributed by atoms with van der Waals surface area (Å²) in [4.78, 5) is 13.1. The van der Waals surface area contributed by atoms with Crippen molar-refractivity contribution in [3.05, 3.63) is 23.8 Å². The van der Waals surface area contributed by atoms with Crippen LogP contribution in [0.1, 0.15) is 56.9 Å². The van der Waals surface area contributed by atoms with E-state index in [1.165, 1.54) is 12.8 Å². The number of benzene rings is 1. The van der Waals surface area contributed by atoms with Gasteiger partial charge in [0.15, 0.2) is 0 Å². The lowest BCUT2D eigenvalue weighted by atomic mass is 9.88. The molecule has 3 fully saturated rings. The highest BCUT2D eigenvalue weighted by molar-refractivity contribution is 7.89. The second-order valence-corrected chi connectivity index (χ2v) is 10.5. The number of sulfonamides is 1. The monoisotopic (exact) mass is 390 g/mol. The first-order valence-corrected chi connectivity index (χ1v) is 11.8. The van der Waals surface area contributed by atoms with Crippen LogP contribution in [0.4, 0.5) is 5.69 Å². The van der Waals surface area contributed by atoms with Gasteiger partial charge in [-0.3, -0.25) is 4.79 Å². The minimum absolute atomic E-state index is 0.0594. The molecule has 4 rings (SSSR count). The third kappa shape index (κ3) is 3.79. The fourth-order valence-electron chi connectivity index (χ4n) is 5.18. The van der Waals surface area contributed by atoms with Crippen molar-refractivity contribution in [2.24, 2.45) is 17.8 Å². The van der Waals surface area contributed by atoms with E-state index < -0.39 is 10.0 Å². The number of aryl methyl sites for hydroxylation is 1. The van der Waals surface area contributed by atoms with Crippen LogP contribution in [0.5, 0.6) is 0 Å². The normalized spacial score (nSPS) is 28.9. The highest BCUT2D eigenvalue weighted by Crippen LogP contribution is 2.48. The summed E-state index contributed by atoms with van der Waals surface area (Å²) in [5.74, 6) is 1.38. The Bertz CT molecular complexity index is 813. The zero-order valence-corrected chi connectivity index (χ0v) is 16.9. The Morgan fingerprint density at radius 3 is 2.44 bits per heavy atom. The molecular weight excluding hydrogens is 360 g/mol. The average Bonchev–Trinajstić information content (AvgIpc) is 3.17. The van der Waals surface area contributed by atoms with Crippen molar-refractivity contribution in [3.63, 3.8) is 0 Å². The maximum Gasteiger partial charge on any atom is 0.243 e. The number of carbonyl (C=O) groups is 1. The van der Waals surface area contributed by atoms with E-state index in [1.807, 2.05) is 13.0 Å². The number of hydrogen-bond donors (Lipinski definition) is 1. The van der Waals surface area contributed by atoms with E-state index >= 15 is 0 Å². The van der Waals surface area contributed by atoms with Crippen LogP contribution >= 0.6 is 0 Å². The van der Waals surface area contributed by atoms with Gasteiger partial charge in [-0.15, -0.1) is 0 Å². The van der Waals surface area contributed by atoms with Crippen LogP contribution in [0.25, 0.3) is 0 Å². The molecule has 3 aliphatic rings. The summed E-state index contributed by atoms with van der Waals surface area (Å²) >= 11 is 0. The summed E-state index contributed by atoms with van der Waals surface area (Å²) in [5, 5.41) is 3.00. The molecule has 1 saturated heterocycles. The number of nitrogens with one attached hydrogen (secondary N) is 1. The Morgan fingerprint density at radius 1 is 1.07 bits per heavy atom. The highest BCUT2D eigenvalue weighted by Gasteiger charge is 2.43. The number of hydrogen-bond acceptors (Lipinski definition) is 3. The highest BCUT2D eigenvalue weighted by atomic mass is 32.2. The molecule has 3 atom stereocenters. The zero-order chi connectivity index (χ0) is 19.0. The molecule has 3 unspecified atom stereocenters. The van der Waals surface area contributed by atoms with Crippen LogP contribution in [-0.4, -0.2) is 31.7 Å². The van der Waals surface area contributed by atoms with E-state index in [2.05, 4.69) is 5.32 Å². The van der Waals surface area contributed by atoms with Gasteiger partial charge >= 0.3 is 0 Å². The third-order valence-electron chi connectivity index (χ3n) is 6.71. The van der Waals surface area contributed by atoms with Crippen molar-refractivity contribution in [1.29, 1.82) is 0 Å². The molecule has 1 amide bonds. The molecule has 1 heterocycles.